The summed E-state index contributed by atoms with van der Waals surface area (Å²) < 4.78 is 5.14. The molecular weight excluding hydrogens is 346 g/mol. The van der Waals surface area contributed by atoms with Crippen LogP contribution in [0.2, 0.25) is 0 Å². The van der Waals surface area contributed by atoms with Gasteiger partial charge in [0.15, 0.2) is 0 Å². The van der Waals surface area contributed by atoms with Crippen LogP contribution in [0.1, 0.15) is 23.4 Å². The summed E-state index contributed by atoms with van der Waals surface area (Å²) in [5.41, 5.74) is 3.43. The van der Waals surface area contributed by atoms with Gasteiger partial charge in [-0.05, 0) is 44.9 Å². The Kier molecular flexibility index (Phi) is 5.63. The first kappa shape index (κ1) is 18.8. The van der Waals surface area contributed by atoms with Crippen LogP contribution in [0.15, 0.2) is 28.8 Å². The minimum absolute atomic E-state index is 0.0316. The molecule has 1 aliphatic rings. The molecule has 2 aromatic rings. The first-order valence-corrected chi connectivity index (χ1v) is 9.05. The van der Waals surface area contributed by atoms with Crippen molar-refractivity contribution in [2.45, 2.75) is 26.7 Å². The third-order valence-electron chi connectivity index (χ3n) is 4.70. The number of amides is 4. The number of nitrogens with zero attached hydrogens (tertiary/aromatic N) is 3. The summed E-state index contributed by atoms with van der Waals surface area (Å²) in [6.45, 7) is 5.70. The van der Waals surface area contributed by atoms with Gasteiger partial charge < -0.3 is 20.1 Å². The highest BCUT2D eigenvalue weighted by Gasteiger charge is 2.26. The van der Waals surface area contributed by atoms with Gasteiger partial charge in [-0.2, -0.15) is 0 Å². The average molecular weight is 371 g/mol. The van der Waals surface area contributed by atoms with Crippen LogP contribution in [0.5, 0.6) is 0 Å². The molecule has 8 nitrogen and oxygen atoms in total. The van der Waals surface area contributed by atoms with E-state index in [4.69, 9.17) is 4.52 Å². The number of benzene rings is 1. The lowest BCUT2D eigenvalue weighted by molar-refractivity contribution is 0.229. The van der Waals surface area contributed by atoms with Crippen LogP contribution in [0.3, 0.4) is 0 Å². The van der Waals surface area contributed by atoms with E-state index in [9.17, 15) is 9.59 Å². The molecule has 0 radical (unpaired) electrons. The molecule has 0 bridgehead atoms. The molecule has 1 aromatic carbocycles. The van der Waals surface area contributed by atoms with Crippen molar-refractivity contribution in [2.24, 2.45) is 0 Å². The molecule has 0 unspecified atom stereocenters. The Bertz CT molecular complexity index is 813. The van der Waals surface area contributed by atoms with Gasteiger partial charge in [-0.25, -0.2) is 9.59 Å². The summed E-state index contributed by atoms with van der Waals surface area (Å²) in [6, 6.07) is 7.00. The van der Waals surface area contributed by atoms with E-state index in [0.29, 0.717) is 25.3 Å². The van der Waals surface area contributed by atoms with Gasteiger partial charge in [-0.1, -0.05) is 11.2 Å². The first-order valence-electron chi connectivity index (χ1n) is 9.05. The summed E-state index contributed by atoms with van der Waals surface area (Å²) >= 11 is 0. The fourth-order valence-electron chi connectivity index (χ4n) is 3.14. The van der Waals surface area contributed by atoms with Gasteiger partial charge >= 0.3 is 12.1 Å². The van der Waals surface area contributed by atoms with Crippen LogP contribution in [0.25, 0.3) is 0 Å². The molecule has 27 heavy (non-hydrogen) atoms. The van der Waals surface area contributed by atoms with Gasteiger partial charge in [0, 0.05) is 43.6 Å². The number of likely N-dealkylation sites (N-methyl/N-ethyl adjacent to an activating group) is 1. The van der Waals surface area contributed by atoms with Crippen molar-refractivity contribution in [3.63, 3.8) is 0 Å². The van der Waals surface area contributed by atoms with E-state index >= 15 is 0 Å². The average Bonchev–Trinajstić information content (AvgIpc) is 3.14. The summed E-state index contributed by atoms with van der Waals surface area (Å²) in [6.07, 6.45) is 1.60. The van der Waals surface area contributed by atoms with Crippen molar-refractivity contribution in [3.05, 3.63) is 41.3 Å². The number of anilines is 2. The van der Waals surface area contributed by atoms with Gasteiger partial charge in [0.1, 0.15) is 5.76 Å². The number of hydrogen-bond acceptors (Lipinski definition) is 4. The van der Waals surface area contributed by atoms with Crippen LogP contribution in [-0.4, -0.2) is 48.8 Å². The summed E-state index contributed by atoms with van der Waals surface area (Å²) in [4.78, 5) is 27.6. The van der Waals surface area contributed by atoms with E-state index in [1.807, 2.05) is 26.0 Å². The van der Waals surface area contributed by atoms with Gasteiger partial charge in [0.05, 0.1) is 5.69 Å². The van der Waals surface area contributed by atoms with E-state index < -0.39 is 0 Å². The molecule has 0 aliphatic carbocycles. The van der Waals surface area contributed by atoms with Crippen molar-refractivity contribution in [3.8, 4) is 0 Å². The highest BCUT2D eigenvalue weighted by atomic mass is 16.5. The molecule has 0 atom stereocenters. The van der Waals surface area contributed by atoms with Crippen molar-refractivity contribution >= 4 is 23.4 Å². The van der Waals surface area contributed by atoms with E-state index in [2.05, 4.69) is 15.8 Å². The summed E-state index contributed by atoms with van der Waals surface area (Å²) in [7, 11) is 1.78. The fourth-order valence-corrected chi connectivity index (χ4v) is 3.14. The van der Waals surface area contributed by atoms with Crippen molar-refractivity contribution in [1.82, 2.24) is 15.4 Å². The predicted molar refractivity (Wildman–Crippen MR) is 103 cm³/mol. The monoisotopic (exact) mass is 371 g/mol. The van der Waals surface area contributed by atoms with Crippen LogP contribution in [-0.2, 0) is 6.42 Å². The number of aromatic nitrogens is 1. The predicted octanol–water partition coefficient (Wildman–Crippen LogP) is 2.92. The van der Waals surface area contributed by atoms with Crippen LogP contribution >= 0.6 is 0 Å². The van der Waals surface area contributed by atoms with Gasteiger partial charge in [0.2, 0.25) is 0 Å². The quantitative estimate of drug-likeness (QED) is 0.764. The Hall–Kier alpha value is -3.03. The van der Waals surface area contributed by atoms with Gasteiger partial charge in [-0.15, -0.1) is 0 Å². The molecule has 1 aromatic heterocycles. The second kappa shape index (κ2) is 8.11. The zero-order valence-electron chi connectivity index (χ0n) is 15.9. The Morgan fingerprint density at radius 3 is 2.78 bits per heavy atom. The zero-order valence-corrected chi connectivity index (χ0v) is 15.9. The SMILES string of the molecule is Cc1noc(C)c1CCCNC(=O)Nc1cccc(N2CCN(C)C2=O)c1. The molecule has 0 saturated carbocycles. The number of aryl methyl sites for hydroxylation is 2. The molecule has 1 aliphatic heterocycles. The zero-order chi connectivity index (χ0) is 19.4. The number of urea groups is 2. The number of carbonyl (C=O) groups is 2. The molecule has 4 amide bonds. The lowest BCUT2D eigenvalue weighted by Gasteiger charge is -2.17. The molecule has 0 spiro atoms. The van der Waals surface area contributed by atoms with Gasteiger partial charge in [0.25, 0.3) is 0 Å². The summed E-state index contributed by atoms with van der Waals surface area (Å²) in [5, 5.41) is 9.59. The van der Waals surface area contributed by atoms with Crippen molar-refractivity contribution in [2.75, 3.05) is 36.9 Å². The molecule has 2 heterocycles. The number of rotatable bonds is 6. The number of carbonyl (C=O) groups excluding carboxylic acids is 2. The molecule has 8 heteroatoms. The maximum Gasteiger partial charge on any atom is 0.324 e. The minimum atomic E-state index is -0.268. The lowest BCUT2D eigenvalue weighted by Crippen LogP contribution is -2.30. The van der Waals surface area contributed by atoms with Crippen LogP contribution < -0.4 is 15.5 Å². The van der Waals surface area contributed by atoms with E-state index in [0.717, 1.165) is 35.5 Å². The van der Waals surface area contributed by atoms with Crippen molar-refractivity contribution < 1.29 is 14.1 Å². The first-order chi connectivity index (χ1) is 13.0. The van der Waals surface area contributed by atoms with Crippen LogP contribution in [0.4, 0.5) is 21.0 Å². The lowest BCUT2D eigenvalue weighted by atomic mass is 10.1. The second-order valence-electron chi connectivity index (χ2n) is 6.69. The molecule has 3 rings (SSSR count). The number of hydrogen-bond donors (Lipinski definition) is 2. The minimum Gasteiger partial charge on any atom is -0.361 e. The molecule has 1 saturated heterocycles. The topological polar surface area (TPSA) is 90.7 Å². The maximum atomic E-state index is 12.1. The molecule has 144 valence electrons. The highest BCUT2D eigenvalue weighted by Crippen LogP contribution is 2.23. The second-order valence-corrected chi connectivity index (χ2v) is 6.69. The Morgan fingerprint density at radius 1 is 1.30 bits per heavy atom. The maximum absolute atomic E-state index is 12.1. The third-order valence-corrected chi connectivity index (χ3v) is 4.70. The largest absolute Gasteiger partial charge is 0.361 e. The van der Waals surface area contributed by atoms with E-state index in [-0.39, 0.29) is 12.1 Å². The van der Waals surface area contributed by atoms with Crippen molar-refractivity contribution in [1.29, 1.82) is 0 Å². The summed E-state index contributed by atoms with van der Waals surface area (Å²) in [5.74, 6) is 0.830. The fraction of sp³-hybridized carbons (Fsp3) is 0.421. The number of nitrogens with one attached hydrogen (secondary N) is 2. The molecular formula is C19H25N5O3. The molecule has 2 N–H and O–H groups in total. The Morgan fingerprint density at radius 2 is 2.11 bits per heavy atom. The Labute approximate surface area is 158 Å². The highest BCUT2D eigenvalue weighted by molar-refractivity contribution is 5.95. The smallest absolute Gasteiger partial charge is 0.324 e. The van der Waals surface area contributed by atoms with Gasteiger partial charge in [-0.3, -0.25) is 4.90 Å². The van der Waals surface area contributed by atoms with E-state index in [1.54, 1.807) is 29.0 Å². The van der Waals surface area contributed by atoms with Crippen LogP contribution in [0, 0.1) is 13.8 Å². The normalized spacial score (nSPS) is 14.0. The standard InChI is InChI=1S/C19H25N5O3/c1-13-17(14(2)27-22-13)8-5-9-20-18(25)21-15-6-4-7-16(12-15)24-11-10-23(3)19(24)26/h4,6-7,12H,5,8-11H2,1-3H3,(H2,20,21,25). The third kappa shape index (κ3) is 4.39. The van der Waals surface area contributed by atoms with E-state index in [1.165, 1.54) is 0 Å². The molecule has 1 fully saturated rings. The Balaban J connectivity index is 1.48.